The van der Waals surface area contributed by atoms with E-state index in [0.29, 0.717) is 18.5 Å². The maximum Gasteiger partial charge on any atom is 0.238 e. The van der Waals surface area contributed by atoms with Crippen LogP contribution in [0.15, 0.2) is 29.8 Å². The number of nitrogens with zero attached hydrogens (tertiary/aromatic N) is 1. The molecule has 1 heterocycles. The molecular formula is C16H17NO3. The van der Waals surface area contributed by atoms with E-state index in [1.165, 1.54) is 16.5 Å². The van der Waals surface area contributed by atoms with E-state index in [4.69, 9.17) is 0 Å². The molecule has 1 N–H and O–H groups in total. The van der Waals surface area contributed by atoms with Gasteiger partial charge in [0.05, 0.1) is 17.5 Å². The Balaban J connectivity index is 2.00. The number of carbonyl (C=O) groups excluding carboxylic acids is 2. The number of benzene rings is 1. The molecule has 0 bridgehead atoms. The summed E-state index contributed by atoms with van der Waals surface area (Å²) < 4.78 is 0. The van der Waals surface area contributed by atoms with Gasteiger partial charge in [0, 0.05) is 0 Å². The van der Waals surface area contributed by atoms with Crippen molar-refractivity contribution in [3.05, 3.63) is 35.4 Å². The van der Waals surface area contributed by atoms with Crippen LogP contribution in [0.2, 0.25) is 0 Å². The smallest absolute Gasteiger partial charge is 0.238 e. The van der Waals surface area contributed by atoms with Crippen molar-refractivity contribution in [3.63, 3.8) is 0 Å². The molecule has 20 heavy (non-hydrogen) atoms. The SMILES string of the molecule is CC1=CC[C@@H]2C(=O)N(c3ccc(O)cc3C)C(=O)[C@H]2C1. The topological polar surface area (TPSA) is 57.6 Å². The van der Waals surface area contributed by atoms with Crippen molar-refractivity contribution >= 4 is 17.5 Å². The van der Waals surface area contributed by atoms with E-state index in [1.807, 2.05) is 6.92 Å². The molecule has 104 valence electrons. The highest BCUT2D eigenvalue weighted by Gasteiger charge is 2.48. The van der Waals surface area contributed by atoms with Crippen LogP contribution < -0.4 is 4.90 Å². The Morgan fingerprint density at radius 1 is 1.15 bits per heavy atom. The summed E-state index contributed by atoms with van der Waals surface area (Å²) in [5, 5.41) is 9.46. The van der Waals surface area contributed by atoms with Crippen LogP contribution in [-0.2, 0) is 9.59 Å². The van der Waals surface area contributed by atoms with Gasteiger partial charge in [-0.2, -0.15) is 0 Å². The minimum atomic E-state index is -0.223. The molecule has 1 aliphatic carbocycles. The fourth-order valence-electron chi connectivity index (χ4n) is 3.17. The minimum absolute atomic E-state index is 0.110. The average molecular weight is 271 g/mol. The molecule has 0 radical (unpaired) electrons. The van der Waals surface area contributed by atoms with Crippen LogP contribution in [-0.4, -0.2) is 16.9 Å². The number of phenols is 1. The molecule has 0 saturated carbocycles. The minimum Gasteiger partial charge on any atom is -0.508 e. The van der Waals surface area contributed by atoms with Gasteiger partial charge in [0.2, 0.25) is 11.8 Å². The number of aromatic hydroxyl groups is 1. The molecule has 1 aliphatic heterocycles. The summed E-state index contributed by atoms with van der Waals surface area (Å²) >= 11 is 0. The lowest BCUT2D eigenvalue weighted by Gasteiger charge is -2.19. The van der Waals surface area contributed by atoms with Gasteiger partial charge < -0.3 is 5.11 Å². The van der Waals surface area contributed by atoms with E-state index in [1.54, 1.807) is 19.1 Å². The van der Waals surface area contributed by atoms with Crippen LogP contribution in [0.4, 0.5) is 5.69 Å². The number of aryl methyl sites for hydroxylation is 1. The largest absolute Gasteiger partial charge is 0.508 e. The third kappa shape index (κ3) is 1.83. The van der Waals surface area contributed by atoms with E-state index in [2.05, 4.69) is 6.08 Å². The molecule has 2 aliphatic rings. The number of fused-ring (bicyclic) bond motifs is 1. The van der Waals surface area contributed by atoms with Gasteiger partial charge in [0.15, 0.2) is 0 Å². The summed E-state index contributed by atoms with van der Waals surface area (Å²) in [6, 6.07) is 4.72. The van der Waals surface area contributed by atoms with E-state index in [-0.39, 0.29) is 29.4 Å². The number of rotatable bonds is 1. The summed E-state index contributed by atoms with van der Waals surface area (Å²) in [5.41, 5.74) is 2.50. The van der Waals surface area contributed by atoms with Gasteiger partial charge in [-0.3, -0.25) is 9.59 Å². The molecule has 1 aromatic rings. The molecule has 4 nitrogen and oxygen atoms in total. The molecule has 2 amide bonds. The molecule has 0 unspecified atom stereocenters. The van der Waals surface area contributed by atoms with Crippen molar-refractivity contribution in [1.29, 1.82) is 0 Å². The Kier molecular flexibility index (Phi) is 2.89. The van der Waals surface area contributed by atoms with Crippen LogP contribution in [0.5, 0.6) is 5.75 Å². The van der Waals surface area contributed by atoms with Gasteiger partial charge in [-0.1, -0.05) is 11.6 Å². The predicted octanol–water partition coefficient (Wildman–Crippen LogP) is 2.55. The fraction of sp³-hybridized carbons (Fsp3) is 0.375. The Morgan fingerprint density at radius 2 is 1.85 bits per heavy atom. The Hall–Kier alpha value is -2.10. The van der Waals surface area contributed by atoms with Crippen LogP contribution in [0, 0.1) is 18.8 Å². The standard InChI is InChI=1S/C16H17NO3/c1-9-3-5-12-13(7-9)16(20)17(15(12)19)14-6-4-11(18)8-10(14)2/h3-4,6,8,12-13,18H,5,7H2,1-2H3/t12-,13-/m0/s1. The van der Waals surface area contributed by atoms with Crippen molar-refractivity contribution in [1.82, 2.24) is 0 Å². The third-order valence-electron chi connectivity index (χ3n) is 4.24. The maximum atomic E-state index is 12.5. The van der Waals surface area contributed by atoms with Crippen molar-refractivity contribution in [2.24, 2.45) is 11.8 Å². The summed E-state index contributed by atoms with van der Waals surface area (Å²) in [5.74, 6) is -0.529. The van der Waals surface area contributed by atoms with Crippen LogP contribution in [0.1, 0.15) is 25.3 Å². The first-order valence-electron chi connectivity index (χ1n) is 6.82. The van der Waals surface area contributed by atoms with Gasteiger partial charge >= 0.3 is 0 Å². The Labute approximate surface area is 117 Å². The van der Waals surface area contributed by atoms with Crippen molar-refractivity contribution in [2.75, 3.05) is 4.90 Å². The van der Waals surface area contributed by atoms with E-state index in [9.17, 15) is 14.7 Å². The van der Waals surface area contributed by atoms with E-state index < -0.39 is 0 Å². The van der Waals surface area contributed by atoms with Crippen molar-refractivity contribution in [3.8, 4) is 5.75 Å². The molecule has 2 atom stereocenters. The lowest BCUT2D eigenvalue weighted by atomic mass is 9.82. The first kappa shape index (κ1) is 12.9. The second-order valence-electron chi connectivity index (χ2n) is 5.69. The lowest BCUT2D eigenvalue weighted by Crippen LogP contribution is -2.31. The number of phenolic OH excluding ortho intramolecular Hbond substituents is 1. The van der Waals surface area contributed by atoms with Crippen molar-refractivity contribution < 1.29 is 14.7 Å². The van der Waals surface area contributed by atoms with Crippen LogP contribution >= 0.6 is 0 Å². The Morgan fingerprint density at radius 3 is 2.55 bits per heavy atom. The molecule has 1 aromatic carbocycles. The third-order valence-corrected chi connectivity index (χ3v) is 4.24. The van der Waals surface area contributed by atoms with Gasteiger partial charge in [-0.05, 0) is 50.5 Å². The highest BCUT2D eigenvalue weighted by atomic mass is 16.3. The molecule has 0 spiro atoms. The molecular weight excluding hydrogens is 254 g/mol. The quantitative estimate of drug-likeness (QED) is 0.631. The van der Waals surface area contributed by atoms with Crippen molar-refractivity contribution in [2.45, 2.75) is 26.7 Å². The zero-order valence-electron chi connectivity index (χ0n) is 11.6. The average Bonchev–Trinajstić information content (AvgIpc) is 2.63. The number of hydrogen-bond acceptors (Lipinski definition) is 3. The summed E-state index contributed by atoms with van der Waals surface area (Å²) in [6.45, 7) is 3.80. The normalized spacial score (nSPS) is 25.7. The van der Waals surface area contributed by atoms with Gasteiger partial charge in [-0.25, -0.2) is 4.90 Å². The summed E-state index contributed by atoms with van der Waals surface area (Å²) in [6.07, 6.45) is 3.37. The van der Waals surface area contributed by atoms with Gasteiger partial charge in [0.1, 0.15) is 5.75 Å². The number of amides is 2. The summed E-state index contributed by atoms with van der Waals surface area (Å²) in [4.78, 5) is 26.4. The van der Waals surface area contributed by atoms with E-state index >= 15 is 0 Å². The lowest BCUT2D eigenvalue weighted by molar-refractivity contribution is -0.122. The molecule has 1 saturated heterocycles. The number of allylic oxidation sites excluding steroid dienone is 2. The number of anilines is 1. The highest BCUT2D eigenvalue weighted by Crippen LogP contribution is 2.40. The first-order chi connectivity index (χ1) is 9.49. The molecule has 4 heteroatoms. The van der Waals surface area contributed by atoms with Crippen LogP contribution in [0.3, 0.4) is 0 Å². The van der Waals surface area contributed by atoms with Crippen LogP contribution in [0.25, 0.3) is 0 Å². The highest BCUT2D eigenvalue weighted by molar-refractivity contribution is 6.22. The maximum absolute atomic E-state index is 12.5. The Bertz CT molecular complexity index is 633. The van der Waals surface area contributed by atoms with Gasteiger partial charge in [-0.15, -0.1) is 0 Å². The number of imide groups is 1. The number of hydrogen-bond donors (Lipinski definition) is 1. The zero-order chi connectivity index (χ0) is 14.4. The first-order valence-corrected chi connectivity index (χ1v) is 6.82. The molecule has 0 aromatic heterocycles. The zero-order valence-corrected chi connectivity index (χ0v) is 11.6. The summed E-state index contributed by atoms with van der Waals surface area (Å²) in [7, 11) is 0. The fourth-order valence-corrected chi connectivity index (χ4v) is 3.17. The monoisotopic (exact) mass is 271 g/mol. The molecule has 3 rings (SSSR count). The second-order valence-corrected chi connectivity index (χ2v) is 5.69. The van der Waals surface area contributed by atoms with E-state index in [0.717, 1.165) is 5.56 Å². The van der Waals surface area contributed by atoms with Gasteiger partial charge in [0.25, 0.3) is 0 Å². The second kappa shape index (κ2) is 4.47. The predicted molar refractivity (Wildman–Crippen MR) is 75.3 cm³/mol. The molecule has 1 fully saturated rings. The number of carbonyl (C=O) groups is 2.